The number of hydrogen-bond acceptors (Lipinski definition) is 4. The molecule has 1 aliphatic rings. The number of ether oxygens (including phenoxy) is 2. The van der Waals surface area contributed by atoms with Gasteiger partial charge in [0.05, 0.1) is 11.6 Å². The van der Waals surface area contributed by atoms with E-state index < -0.39 is 0 Å². The van der Waals surface area contributed by atoms with Gasteiger partial charge in [0.15, 0.2) is 0 Å². The Morgan fingerprint density at radius 1 is 1.22 bits per heavy atom. The first kappa shape index (κ1) is 22.4. The van der Waals surface area contributed by atoms with Gasteiger partial charge in [0.25, 0.3) is 5.91 Å². The third kappa shape index (κ3) is 5.50. The van der Waals surface area contributed by atoms with Gasteiger partial charge in [-0.1, -0.05) is 19.9 Å². The molecular weight excluding hydrogens is 402 g/mol. The number of H-pyrrole nitrogens is 1. The average Bonchev–Trinajstić information content (AvgIpc) is 3.44. The van der Waals surface area contributed by atoms with Crippen LogP contribution in [0.15, 0.2) is 42.5 Å². The zero-order valence-electron chi connectivity index (χ0n) is 19.2. The molecule has 0 aliphatic carbocycles. The second-order valence-electron chi connectivity index (χ2n) is 8.95. The van der Waals surface area contributed by atoms with Gasteiger partial charge in [0, 0.05) is 35.5 Å². The van der Waals surface area contributed by atoms with Gasteiger partial charge in [-0.05, 0) is 74.2 Å². The van der Waals surface area contributed by atoms with Crippen LogP contribution >= 0.6 is 0 Å². The zero-order valence-corrected chi connectivity index (χ0v) is 19.2. The number of carbonyl (C=O) groups excluding carboxylic acids is 1. The number of nitrogens with one attached hydrogen (secondary N) is 3. The number of aromatic amines is 1. The molecule has 1 aliphatic heterocycles. The number of amides is 1. The highest BCUT2D eigenvalue weighted by Crippen LogP contribution is 2.26. The van der Waals surface area contributed by atoms with Crippen molar-refractivity contribution in [1.29, 1.82) is 0 Å². The fourth-order valence-electron chi connectivity index (χ4n) is 3.99. The van der Waals surface area contributed by atoms with Crippen LogP contribution in [0.25, 0.3) is 10.9 Å². The number of aromatic nitrogens is 1. The molecule has 1 atom stereocenters. The summed E-state index contributed by atoms with van der Waals surface area (Å²) >= 11 is 0. The lowest BCUT2D eigenvalue weighted by Gasteiger charge is -2.12. The Kier molecular flexibility index (Phi) is 7.12. The maximum Gasteiger partial charge on any atom is 0.255 e. The highest BCUT2D eigenvalue weighted by Gasteiger charge is 2.16. The lowest BCUT2D eigenvalue weighted by Crippen LogP contribution is -2.19. The van der Waals surface area contributed by atoms with Crippen LogP contribution in [0.1, 0.15) is 48.3 Å². The second kappa shape index (κ2) is 10.2. The highest BCUT2D eigenvalue weighted by atomic mass is 16.5. The maximum atomic E-state index is 12.8. The lowest BCUT2D eigenvalue weighted by atomic mass is 10.1. The van der Waals surface area contributed by atoms with Crippen LogP contribution in [0, 0.1) is 12.8 Å². The van der Waals surface area contributed by atoms with Gasteiger partial charge in [0.1, 0.15) is 12.4 Å². The summed E-state index contributed by atoms with van der Waals surface area (Å²) in [6, 6.07) is 13.4. The number of benzene rings is 2. The molecule has 1 amide bonds. The summed E-state index contributed by atoms with van der Waals surface area (Å²) in [5.74, 6) is 1.23. The monoisotopic (exact) mass is 435 g/mol. The Morgan fingerprint density at radius 2 is 2.03 bits per heavy atom. The van der Waals surface area contributed by atoms with Gasteiger partial charge in [-0.25, -0.2) is 0 Å². The van der Waals surface area contributed by atoms with E-state index in [4.69, 9.17) is 9.47 Å². The highest BCUT2D eigenvalue weighted by molar-refractivity contribution is 6.06. The minimum absolute atomic E-state index is 0.136. The van der Waals surface area contributed by atoms with Crippen molar-refractivity contribution in [3.8, 4) is 5.75 Å². The molecule has 4 rings (SSSR count). The van der Waals surface area contributed by atoms with E-state index in [9.17, 15) is 4.79 Å². The van der Waals surface area contributed by atoms with Gasteiger partial charge in [-0.2, -0.15) is 0 Å². The molecule has 3 N–H and O–H groups in total. The summed E-state index contributed by atoms with van der Waals surface area (Å²) in [5, 5.41) is 7.66. The summed E-state index contributed by atoms with van der Waals surface area (Å²) in [4.78, 5) is 16.3. The number of hydrogen-bond donors (Lipinski definition) is 3. The van der Waals surface area contributed by atoms with Gasteiger partial charge in [0.2, 0.25) is 0 Å². The van der Waals surface area contributed by atoms with E-state index in [0.717, 1.165) is 66.1 Å². The van der Waals surface area contributed by atoms with Crippen LogP contribution in [0.4, 0.5) is 5.69 Å². The number of aryl methyl sites for hydroxylation is 1. The topological polar surface area (TPSA) is 75.4 Å². The van der Waals surface area contributed by atoms with E-state index in [-0.39, 0.29) is 12.0 Å². The third-order valence-corrected chi connectivity index (χ3v) is 5.81. The van der Waals surface area contributed by atoms with E-state index in [2.05, 4.69) is 35.5 Å². The van der Waals surface area contributed by atoms with Crippen molar-refractivity contribution in [2.45, 2.75) is 46.3 Å². The Morgan fingerprint density at radius 3 is 2.75 bits per heavy atom. The van der Waals surface area contributed by atoms with Crippen molar-refractivity contribution in [2.24, 2.45) is 5.92 Å². The van der Waals surface area contributed by atoms with Gasteiger partial charge in [-0.15, -0.1) is 0 Å². The fourth-order valence-corrected chi connectivity index (χ4v) is 3.99. The smallest absolute Gasteiger partial charge is 0.255 e. The van der Waals surface area contributed by atoms with Crippen LogP contribution in [0.5, 0.6) is 5.75 Å². The molecule has 1 fully saturated rings. The van der Waals surface area contributed by atoms with Gasteiger partial charge in [-0.3, -0.25) is 4.79 Å². The molecule has 32 heavy (non-hydrogen) atoms. The summed E-state index contributed by atoms with van der Waals surface area (Å²) in [6.45, 7) is 9.57. The number of anilines is 1. The lowest BCUT2D eigenvalue weighted by molar-refractivity contribution is 0.0679. The largest absolute Gasteiger partial charge is 0.491 e. The van der Waals surface area contributed by atoms with Gasteiger partial charge >= 0.3 is 0 Å². The molecule has 3 aromatic rings. The van der Waals surface area contributed by atoms with E-state index in [0.29, 0.717) is 18.1 Å². The van der Waals surface area contributed by atoms with Crippen molar-refractivity contribution in [2.75, 3.05) is 25.1 Å². The quantitative estimate of drug-likeness (QED) is 0.441. The Bertz CT molecular complexity index is 1050. The number of rotatable bonds is 9. The molecule has 0 bridgehead atoms. The Balaban J connectivity index is 1.38. The summed E-state index contributed by atoms with van der Waals surface area (Å²) < 4.78 is 11.4. The second-order valence-corrected chi connectivity index (χ2v) is 8.95. The summed E-state index contributed by atoms with van der Waals surface area (Å²) in [7, 11) is 0. The van der Waals surface area contributed by atoms with Crippen LogP contribution < -0.4 is 15.4 Å². The molecule has 0 radical (unpaired) electrons. The van der Waals surface area contributed by atoms with Crippen LogP contribution in [-0.4, -0.2) is 36.8 Å². The zero-order chi connectivity index (χ0) is 22.5. The molecule has 1 saturated heterocycles. The molecule has 0 spiro atoms. The molecular formula is C26H33N3O3. The molecule has 2 heterocycles. The van der Waals surface area contributed by atoms with Crippen molar-refractivity contribution in [1.82, 2.24) is 10.3 Å². The first-order valence-electron chi connectivity index (χ1n) is 11.5. The molecule has 170 valence electrons. The van der Waals surface area contributed by atoms with Gasteiger partial charge < -0.3 is 25.1 Å². The molecule has 1 aromatic heterocycles. The molecule has 2 aromatic carbocycles. The SMILES string of the molecule is Cc1c(NC(=O)c2ccc(OC[C@@H]3CCCO3)cc2)ccc2cc(CNCC(C)C)[nH]c12. The number of fused-ring (bicyclic) bond motifs is 1. The molecule has 0 saturated carbocycles. The van der Waals surface area contributed by atoms with E-state index in [1.807, 2.05) is 31.2 Å². The summed E-state index contributed by atoms with van der Waals surface area (Å²) in [6.07, 6.45) is 2.31. The van der Waals surface area contributed by atoms with Crippen molar-refractivity contribution >= 4 is 22.5 Å². The Labute approximate surface area is 189 Å². The predicted octanol–water partition coefficient (Wildman–Crippen LogP) is 5.03. The van der Waals surface area contributed by atoms with Crippen LogP contribution in [0.2, 0.25) is 0 Å². The first-order valence-corrected chi connectivity index (χ1v) is 11.5. The first-order chi connectivity index (χ1) is 15.5. The van der Waals surface area contributed by atoms with E-state index >= 15 is 0 Å². The van der Waals surface area contributed by atoms with Crippen molar-refractivity contribution in [3.63, 3.8) is 0 Å². The minimum atomic E-state index is -0.136. The van der Waals surface area contributed by atoms with E-state index in [1.54, 1.807) is 12.1 Å². The normalized spacial score (nSPS) is 16.1. The Hall–Kier alpha value is -2.83. The van der Waals surface area contributed by atoms with E-state index in [1.165, 1.54) is 0 Å². The number of carbonyl (C=O) groups is 1. The standard InChI is InChI=1S/C26H33N3O3/c1-17(2)14-27-15-21-13-20-8-11-24(18(3)25(20)28-21)29-26(30)19-6-9-22(10-7-19)32-16-23-5-4-12-31-23/h6-11,13,17,23,27-28H,4-5,12,14-16H2,1-3H3,(H,29,30)/t23-/m0/s1. The maximum absolute atomic E-state index is 12.8. The minimum Gasteiger partial charge on any atom is -0.491 e. The van der Waals surface area contributed by atoms with Crippen LogP contribution in [-0.2, 0) is 11.3 Å². The molecule has 0 unspecified atom stereocenters. The molecule has 6 nitrogen and oxygen atoms in total. The fraction of sp³-hybridized carbons (Fsp3) is 0.423. The van der Waals surface area contributed by atoms with Crippen LogP contribution in [0.3, 0.4) is 0 Å². The summed E-state index contributed by atoms with van der Waals surface area (Å²) in [5.41, 5.74) is 4.64. The third-order valence-electron chi connectivity index (χ3n) is 5.81. The predicted molar refractivity (Wildman–Crippen MR) is 128 cm³/mol. The average molecular weight is 436 g/mol. The van der Waals surface area contributed by atoms with Crippen molar-refractivity contribution < 1.29 is 14.3 Å². The molecule has 6 heteroatoms. The van der Waals surface area contributed by atoms with Crippen molar-refractivity contribution in [3.05, 3.63) is 59.3 Å².